The van der Waals surface area contributed by atoms with Crippen molar-refractivity contribution >= 4 is 32.3 Å². The maximum atomic E-state index is 8.78. The van der Waals surface area contributed by atoms with Crippen molar-refractivity contribution in [1.29, 1.82) is 0 Å². The van der Waals surface area contributed by atoms with E-state index >= 15 is 0 Å². The second kappa shape index (κ2) is 5.75. The second-order valence-corrected chi connectivity index (χ2v) is 5.38. The van der Waals surface area contributed by atoms with E-state index in [0.717, 1.165) is 0 Å². The summed E-state index contributed by atoms with van der Waals surface area (Å²) in [5.41, 5.74) is -0.336. The van der Waals surface area contributed by atoms with E-state index in [0.29, 0.717) is 0 Å². The normalized spacial score (nSPS) is 20.3. The fourth-order valence-electron chi connectivity index (χ4n) is 2.87. The van der Waals surface area contributed by atoms with Crippen LogP contribution >= 0.6 is 0 Å². The van der Waals surface area contributed by atoms with Crippen molar-refractivity contribution in [2.45, 2.75) is 6.42 Å². The number of benzene rings is 5. The van der Waals surface area contributed by atoms with Crippen molar-refractivity contribution in [3.05, 3.63) is 108 Å². The van der Waals surface area contributed by atoms with Crippen LogP contribution in [0.25, 0.3) is 32.3 Å². The average Bonchev–Trinajstić information content (AvgIpc) is 2.94. The van der Waals surface area contributed by atoms with Crippen LogP contribution in [0.3, 0.4) is 0 Å². The van der Waals surface area contributed by atoms with Gasteiger partial charge in [-0.1, -0.05) is 90.6 Å². The molecule has 0 saturated carbocycles. The van der Waals surface area contributed by atoms with Gasteiger partial charge in [-0.05, 0) is 55.9 Å². The zero-order valence-corrected chi connectivity index (χ0v) is 12.7. The van der Waals surface area contributed by atoms with Crippen molar-refractivity contribution in [3.8, 4) is 0 Å². The Labute approximate surface area is 169 Å². The molecule has 5 aromatic rings. The van der Waals surface area contributed by atoms with Gasteiger partial charge in [0.2, 0.25) is 0 Å². The van der Waals surface area contributed by atoms with Crippen LogP contribution in [0.2, 0.25) is 0 Å². The van der Waals surface area contributed by atoms with Gasteiger partial charge in [0, 0.05) is 0 Å². The monoisotopic (exact) mass is 334 g/mol. The molecule has 0 spiro atoms. The minimum Gasteiger partial charge on any atom is -0.0616 e. The first-order chi connectivity index (χ1) is 19.1. The Kier molecular flexibility index (Phi) is 1.25. The van der Waals surface area contributed by atoms with Crippen LogP contribution in [-0.2, 0) is 6.42 Å². The predicted octanol–water partition coefficient (Wildman–Crippen LogP) is 6.74. The molecule has 0 aliphatic heterocycles. The van der Waals surface area contributed by atoms with Gasteiger partial charge in [0.25, 0.3) is 0 Å². The molecule has 0 bridgehead atoms. The second-order valence-electron chi connectivity index (χ2n) is 5.38. The Morgan fingerprint density at radius 1 is 0.520 bits per heavy atom. The summed E-state index contributed by atoms with van der Waals surface area (Å²) in [5.74, 6) is 0. The Balaban J connectivity index is 2.12. The maximum Gasteiger partial charge on any atom is 0.0636 e. The lowest BCUT2D eigenvalue weighted by molar-refractivity contribution is 1.26. The van der Waals surface area contributed by atoms with Gasteiger partial charge in [-0.3, -0.25) is 0 Å². The summed E-state index contributed by atoms with van der Waals surface area (Å²) in [4.78, 5) is 0. The first-order valence-corrected chi connectivity index (χ1v) is 7.46. The first kappa shape index (κ1) is 5.44. The van der Waals surface area contributed by atoms with Crippen molar-refractivity contribution in [2.24, 2.45) is 0 Å². The quantitative estimate of drug-likeness (QED) is 0.314. The predicted molar refractivity (Wildman–Crippen MR) is 108 cm³/mol. The topological polar surface area (TPSA) is 0 Å². The van der Waals surface area contributed by atoms with Crippen LogP contribution in [-0.4, -0.2) is 0 Å². The molecule has 0 fully saturated rings. The molecular formula is C25H18. The summed E-state index contributed by atoms with van der Waals surface area (Å²) in [6.45, 7) is 0. The molecule has 0 radical (unpaired) electrons. The number of hydrogen-bond acceptors (Lipinski definition) is 0. The van der Waals surface area contributed by atoms with Gasteiger partial charge in [-0.2, -0.15) is 0 Å². The standard InChI is InChI=1S/C25H18/c1-4-13-22-18(8-1)11-7-12-21(22)17-25-23-14-5-2-9-19(23)16-20-10-3-6-15-24(20)25/h1-16H,17H2/i1D,2D,3D,4D,5D,6D,7D,8D,9D,10D,11D,12D,13D,14D,15D,16D. The van der Waals surface area contributed by atoms with E-state index in [4.69, 9.17) is 21.9 Å². The van der Waals surface area contributed by atoms with E-state index in [-0.39, 0.29) is 43.4 Å². The van der Waals surface area contributed by atoms with Gasteiger partial charge in [0.1, 0.15) is 0 Å². The zero-order valence-electron chi connectivity index (χ0n) is 28.7. The highest BCUT2D eigenvalue weighted by Crippen LogP contribution is 2.31. The summed E-state index contributed by atoms with van der Waals surface area (Å²) in [7, 11) is 0. The highest BCUT2D eigenvalue weighted by Gasteiger charge is 2.09. The van der Waals surface area contributed by atoms with Crippen LogP contribution in [0, 0.1) is 0 Å². The van der Waals surface area contributed by atoms with E-state index in [1.165, 1.54) is 0 Å². The van der Waals surface area contributed by atoms with Crippen LogP contribution < -0.4 is 0 Å². The summed E-state index contributed by atoms with van der Waals surface area (Å²) < 4.78 is 134. The molecule has 0 aliphatic rings. The summed E-state index contributed by atoms with van der Waals surface area (Å²) in [6.07, 6.45) is -0.568. The van der Waals surface area contributed by atoms with Gasteiger partial charge in [0.05, 0.1) is 21.9 Å². The molecule has 0 heteroatoms. The van der Waals surface area contributed by atoms with Crippen LogP contribution in [0.5, 0.6) is 0 Å². The molecule has 118 valence electrons. The number of hydrogen-bond donors (Lipinski definition) is 0. The molecule has 0 amide bonds. The Hall–Kier alpha value is -3.12. The molecule has 25 heavy (non-hydrogen) atoms. The highest BCUT2D eigenvalue weighted by molar-refractivity contribution is 6.03. The lowest BCUT2D eigenvalue weighted by Crippen LogP contribution is -1.93. The van der Waals surface area contributed by atoms with E-state index in [1.807, 2.05) is 0 Å². The molecule has 0 unspecified atom stereocenters. The van der Waals surface area contributed by atoms with Gasteiger partial charge in [-0.15, -0.1) is 0 Å². The van der Waals surface area contributed by atoms with E-state index in [2.05, 4.69) is 0 Å². The molecule has 0 atom stereocenters. The molecule has 0 aliphatic carbocycles. The van der Waals surface area contributed by atoms with Gasteiger partial charge >= 0.3 is 0 Å². The third-order valence-electron chi connectivity index (χ3n) is 3.97. The van der Waals surface area contributed by atoms with E-state index in [1.54, 1.807) is 0 Å². The van der Waals surface area contributed by atoms with Crippen molar-refractivity contribution in [2.75, 3.05) is 0 Å². The third-order valence-corrected chi connectivity index (χ3v) is 3.97. The van der Waals surface area contributed by atoms with E-state index < -0.39 is 103 Å². The Morgan fingerprint density at radius 2 is 1.04 bits per heavy atom. The van der Waals surface area contributed by atoms with Crippen molar-refractivity contribution in [3.63, 3.8) is 0 Å². The Morgan fingerprint density at radius 3 is 1.72 bits per heavy atom. The summed E-state index contributed by atoms with van der Waals surface area (Å²) in [5, 5.41) is -1.77. The molecule has 0 N–H and O–H groups in total. The number of fused-ring (bicyclic) bond motifs is 3. The fraction of sp³-hybridized carbons (Fsp3) is 0.0400. The van der Waals surface area contributed by atoms with Crippen LogP contribution in [0.1, 0.15) is 33.1 Å². The lowest BCUT2D eigenvalue weighted by Gasteiger charge is -2.13. The smallest absolute Gasteiger partial charge is 0.0616 e. The van der Waals surface area contributed by atoms with E-state index in [9.17, 15) is 0 Å². The average molecular weight is 335 g/mol. The van der Waals surface area contributed by atoms with Gasteiger partial charge < -0.3 is 0 Å². The third kappa shape index (κ3) is 2.38. The summed E-state index contributed by atoms with van der Waals surface area (Å²) in [6, 6.07) is -10.1. The van der Waals surface area contributed by atoms with Crippen LogP contribution in [0.15, 0.2) is 96.7 Å². The Bertz CT molecular complexity index is 1940. The van der Waals surface area contributed by atoms with Crippen molar-refractivity contribution < 1.29 is 21.9 Å². The SMILES string of the molecule is [2H]c1c([2H])c([2H])c2c(Cc3c4c([2H])c([2H])c([2H])c([2H])c4c([2H])c4c([2H])c([2H])c([2H])c([2H])c34)c([2H])c([2H])c([2H])c2c1[2H]. The zero-order chi connectivity index (χ0) is 30.6. The molecule has 0 saturated heterocycles. The fourth-order valence-corrected chi connectivity index (χ4v) is 2.87. The summed E-state index contributed by atoms with van der Waals surface area (Å²) >= 11 is 0. The lowest BCUT2D eigenvalue weighted by atomic mass is 9.91. The highest BCUT2D eigenvalue weighted by atomic mass is 14.1. The largest absolute Gasteiger partial charge is 0.0636 e. The maximum absolute atomic E-state index is 8.78. The van der Waals surface area contributed by atoms with Gasteiger partial charge in [-0.25, -0.2) is 0 Å². The molecule has 0 nitrogen and oxygen atoms in total. The minimum absolute atomic E-state index is 0.135. The minimum atomic E-state index is -0.677. The van der Waals surface area contributed by atoms with Gasteiger partial charge in [0.15, 0.2) is 0 Å². The molecule has 0 aromatic heterocycles. The first-order valence-electron chi connectivity index (χ1n) is 15.5. The van der Waals surface area contributed by atoms with Crippen LogP contribution in [0.4, 0.5) is 0 Å². The van der Waals surface area contributed by atoms with Crippen molar-refractivity contribution in [1.82, 2.24) is 0 Å². The molecule has 0 heterocycles. The molecular weight excluding hydrogens is 300 g/mol. The number of rotatable bonds is 2. The molecule has 5 rings (SSSR count). The molecule has 5 aromatic carbocycles.